The summed E-state index contributed by atoms with van der Waals surface area (Å²) in [6.07, 6.45) is 0. The van der Waals surface area contributed by atoms with Crippen LogP contribution in [-0.4, -0.2) is 11.8 Å². The molecule has 8 aromatic rings. The summed E-state index contributed by atoms with van der Waals surface area (Å²) in [5.74, 6) is 0.636. The van der Waals surface area contributed by atoms with Gasteiger partial charge in [-0.3, -0.25) is 9.59 Å². The van der Waals surface area contributed by atoms with Crippen molar-refractivity contribution >= 4 is 67.1 Å². The summed E-state index contributed by atoms with van der Waals surface area (Å²) in [7, 11) is 0. The van der Waals surface area contributed by atoms with Crippen molar-refractivity contribution in [2.75, 3.05) is 10.6 Å². The molecule has 0 radical (unpaired) electrons. The van der Waals surface area contributed by atoms with Crippen molar-refractivity contribution in [1.29, 1.82) is 0 Å². The number of carbonyl (C=O) groups excluding carboxylic acids is 2. The van der Waals surface area contributed by atoms with E-state index in [9.17, 15) is 9.59 Å². The molecule has 8 rings (SSSR count). The van der Waals surface area contributed by atoms with Crippen molar-refractivity contribution in [3.8, 4) is 11.5 Å². The molecule has 0 bridgehead atoms. The van der Waals surface area contributed by atoms with E-state index in [2.05, 4.69) is 10.6 Å². The highest BCUT2D eigenvalue weighted by atomic mass is 16.5. The van der Waals surface area contributed by atoms with E-state index in [1.807, 2.05) is 84.9 Å². The predicted molar refractivity (Wildman–Crippen MR) is 176 cm³/mol. The second kappa shape index (κ2) is 10.7. The van der Waals surface area contributed by atoms with Crippen molar-refractivity contribution in [2.24, 2.45) is 0 Å². The lowest BCUT2D eigenvalue weighted by Gasteiger charge is -2.09. The molecule has 45 heavy (non-hydrogen) atoms. The normalized spacial score (nSPS) is 11.3. The van der Waals surface area contributed by atoms with Gasteiger partial charge in [0, 0.05) is 56.2 Å². The second-order valence-corrected chi connectivity index (χ2v) is 10.7. The minimum atomic E-state index is -0.244. The Bertz CT molecular complexity index is 2220. The first-order chi connectivity index (χ1) is 22.1. The lowest BCUT2D eigenvalue weighted by molar-refractivity contribution is 0.101. The van der Waals surface area contributed by atoms with E-state index < -0.39 is 0 Å². The van der Waals surface area contributed by atoms with E-state index >= 15 is 0 Å². The largest absolute Gasteiger partial charge is 0.457 e. The Hall–Kier alpha value is -6.34. The number of nitrogens with one attached hydrogen (secondary N) is 2. The van der Waals surface area contributed by atoms with Gasteiger partial charge < -0.3 is 24.2 Å². The zero-order valence-corrected chi connectivity index (χ0v) is 23.7. The summed E-state index contributed by atoms with van der Waals surface area (Å²) in [4.78, 5) is 25.8. The summed E-state index contributed by atoms with van der Waals surface area (Å²) in [5.41, 5.74) is 5.30. The number of hydrogen-bond donors (Lipinski definition) is 2. The van der Waals surface area contributed by atoms with Gasteiger partial charge in [-0.05, 0) is 84.9 Å². The number of rotatable bonds is 6. The average Bonchev–Trinajstić information content (AvgIpc) is 3.63. The van der Waals surface area contributed by atoms with E-state index in [0.29, 0.717) is 45.2 Å². The van der Waals surface area contributed by atoms with Crippen LogP contribution < -0.4 is 15.4 Å². The standard InChI is InChI=1S/C38H24N2O5/c41-37(39-25-13-19-31-29-5-1-3-7-33(29)44-35(31)21-25)23-9-15-27(16-10-23)43-28-17-11-24(12-18-28)38(42)40-26-14-20-32-30-6-2-4-8-34(30)45-36(32)22-26/h1-22H,(H,39,41)(H,40,42). The van der Waals surface area contributed by atoms with Crippen LogP contribution in [0, 0.1) is 0 Å². The maximum absolute atomic E-state index is 12.9. The monoisotopic (exact) mass is 588 g/mol. The molecule has 0 aliphatic rings. The van der Waals surface area contributed by atoms with Crippen molar-refractivity contribution in [3.05, 3.63) is 145 Å². The Morgan fingerprint density at radius 1 is 0.444 bits per heavy atom. The number of anilines is 2. The molecule has 216 valence electrons. The molecular weight excluding hydrogens is 564 g/mol. The molecule has 0 aliphatic carbocycles. The molecule has 0 aliphatic heterocycles. The fraction of sp³-hybridized carbons (Fsp3) is 0. The third kappa shape index (κ3) is 5.02. The Morgan fingerprint density at radius 2 is 0.844 bits per heavy atom. The minimum absolute atomic E-state index is 0.244. The Labute approximate surface area is 256 Å². The molecule has 7 nitrogen and oxygen atoms in total. The fourth-order valence-electron chi connectivity index (χ4n) is 5.50. The number of carbonyl (C=O) groups is 2. The summed E-state index contributed by atoms with van der Waals surface area (Å²) >= 11 is 0. The molecule has 7 heteroatoms. The SMILES string of the molecule is O=C(Nc1ccc2c(c1)oc1ccccc12)c1ccc(Oc2ccc(C(=O)Nc3ccc4c(c3)oc3ccccc34)cc2)cc1. The molecule has 2 heterocycles. The third-order valence-electron chi connectivity index (χ3n) is 7.74. The molecule has 0 saturated heterocycles. The van der Waals surface area contributed by atoms with Crippen LogP contribution in [-0.2, 0) is 0 Å². The van der Waals surface area contributed by atoms with Crippen LogP contribution >= 0.6 is 0 Å². The van der Waals surface area contributed by atoms with Gasteiger partial charge in [0.2, 0.25) is 0 Å². The Kier molecular flexibility index (Phi) is 6.27. The fourth-order valence-corrected chi connectivity index (χ4v) is 5.50. The Morgan fingerprint density at radius 3 is 1.29 bits per heavy atom. The number of hydrogen-bond acceptors (Lipinski definition) is 5. The van der Waals surface area contributed by atoms with Gasteiger partial charge in [0.25, 0.3) is 11.8 Å². The van der Waals surface area contributed by atoms with Gasteiger partial charge in [0.15, 0.2) is 0 Å². The van der Waals surface area contributed by atoms with Crippen LogP contribution in [0.1, 0.15) is 20.7 Å². The number of fused-ring (bicyclic) bond motifs is 6. The van der Waals surface area contributed by atoms with Crippen LogP contribution in [0.25, 0.3) is 43.9 Å². The highest BCUT2D eigenvalue weighted by Gasteiger charge is 2.12. The van der Waals surface area contributed by atoms with Gasteiger partial charge in [-0.2, -0.15) is 0 Å². The first-order valence-corrected chi connectivity index (χ1v) is 14.4. The molecule has 2 amide bonds. The highest BCUT2D eigenvalue weighted by molar-refractivity contribution is 6.09. The van der Waals surface area contributed by atoms with E-state index in [1.165, 1.54) is 0 Å². The number of furan rings is 2. The maximum Gasteiger partial charge on any atom is 0.255 e. The van der Waals surface area contributed by atoms with Gasteiger partial charge in [-0.1, -0.05) is 36.4 Å². The zero-order chi connectivity index (χ0) is 30.3. The lowest BCUT2D eigenvalue weighted by Crippen LogP contribution is -2.11. The highest BCUT2D eigenvalue weighted by Crippen LogP contribution is 2.32. The van der Waals surface area contributed by atoms with Gasteiger partial charge in [-0.25, -0.2) is 0 Å². The zero-order valence-electron chi connectivity index (χ0n) is 23.7. The minimum Gasteiger partial charge on any atom is -0.457 e. The molecule has 0 atom stereocenters. The molecule has 0 spiro atoms. The van der Waals surface area contributed by atoms with Gasteiger partial charge in [0.1, 0.15) is 33.8 Å². The number of ether oxygens (including phenoxy) is 1. The van der Waals surface area contributed by atoms with E-state index in [-0.39, 0.29) is 11.8 Å². The summed E-state index contributed by atoms with van der Waals surface area (Å²) in [6, 6.07) is 40.7. The second-order valence-electron chi connectivity index (χ2n) is 10.7. The quantitative estimate of drug-likeness (QED) is 0.202. The number of benzene rings is 6. The van der Waals surface area contributed by atoms with Gasteiger partial charge >= 0.3 is 0 Å². The maximum atomic E-state index is 12.9. The average molecular weight is 589 g/mol. The van der Waals surface area contributed by atoms with Crippen LogP contribution in [0.15, 0.2) is 142 Å². The van der Waals surface area contributed by atoms with E-state index in [4.69, 9.17) is 13.6 Å². The first kappa shape index (κ1) is 26.3. The number of amides is 2. The smallest absolute Gasteiger partial charge is 0.255 e. The van der Waals surface area contributed by atoms with Crippen LogP contribution in [0.2, 0.25) is 0 Å². The number of para-hydroxylation sites is 2. The van der Waals surface area contributed by atoms with Crippen molar-refractivity contribution in [2.45, 2.75) is 0 Å². The molecular formula is C38H24N2O5. The molecule has 0 saturated carbocycles. The van der Waals surface area contributed by atoms with Gasteiger partial charge in [-0.15, -0.1) is 0 Å². The Balaban J connectivity index is 0.902. The predicted octanol–water partition coefficient (Wildman–Crippen LogP) is 9.78. The molecule has 6 aromatic carbocycles. The van der Waals surface area contributed by atoms with Crippen molar-refractivity contribution in [3.63, 3.8) is 0 Å². The summed E-state index contributed by atoms with van der Waals surface area (Å²) < 4.78 is 17.8. The van der Waals surface area contributed by atoms with Crippen LogP contribution in [0.5, 0.6) is 11.5 Å². The molecule has 2 N–H and O–H groups in total. The summed E-state index contributed by atoms with van der Waals surface area (Å²) in [5, 5.41) is 9.93. The molecule has 0 unspecified atom stereocenters. The summed E-state index contributed by atoms with van der Waals surface area (Å²) in [6.45, 7) is 0. The van der Waals surface area contributed by atoms with Gasteiger partial charge in [0.05, 0.1) is 0 Å². The molecule has 2 aromatic heterocycles. The molecule has 0 fully saturated rings. The van der Waals surface area contributed by atoms with Crippen LogP contribution in [0.3, 0.4) is 0 Å². The van der Waals surface area contributed by atoms with Crippen molar-refractivity contribution in [1.82, 2.24) is 0 Å². The third-order valence-corrected chi connectivity index (χ3v) is 7.74. The van der Waals surface area contributed by atoms with E-state index in [1.54, 1.807) is 48.5 Å². The van der Waals surface area contributed by atoms with E-state index in [0.717, 1.165) is 32.7 Å². The van der Waals surface area contributed by atoms with Crippen LogP contribution in [0.4, 0.5) is 11.4 Å². The van der Waals surface area contributed by atoms with Crippen molar-refractivity contribution < 1.29 is 23.2 Å². The lowest BCUT2D eigenvalue weighted by atomic mass is 10.1. The topological polar surface area (TPSA) is 93.7 Å². The first-order valence-electron chi connectivity index (χ1n) is 14.4.